The maximum atomic E-state index is 10.6. The summed E-state index contributed by atoms with van der Waals surface area (Å²) < 4.78 is 9.99. The van der Waals surface area contributed by atoms with Crippen LogP contribution in [0.4, 0.5) is 0 Å². The molecule has 1 heterocycles. The predicted molar refractivity (Wildman–Crippen MR) is 55.2 cm³/mol. The molecule has 82 valence electrons. The number of aromatic nitrogens is 2. The number of benzene rings is 1. The van der Waals surface area contributed by atoms with E-state index in [1.807, 2.05) is 0 Å². The Morgan fingerprint density at radius 1 is 1.44 bits per heavy atom. The zero-order chi connectivity index (χ0) is 11.4. The SMILES string of the molecule is Cc1nonc1COc1cccc(C=O)c1. The third kappa shape index (κ3) is 2.25. The lowest BCUT2D eigenvalue weighted by atomic mass is 10.2. The van der Waals surface area contributed by atoms with Crippen LogP contribution in [0.5, 0.6) is 5.75 Å². The summed E-state index contributed by atoms with van der Waals surface area (Å²) in [5.74, 6) is 0.618. The highest BCUT2D eigenvalue weighted by Gasteiger charge is 2.05. The number of hydrogen-bond acceptors (Lipinski definition) is 5. The molecule has 0 aliphatic carbocycles. The van der Waals surface area contributed by atoms with Crippen molar-refractivity contribution in [1.29, 1.82) is 0 Å². The average Bonchev–Trinajstić information content (AvgIpc) is 2.72. The first-order chi connectivity index (χ1) is 7.79. The van der Waals surface area contributed by atoms with E-state index in [4.69, 9.17) is 4.74 Å². The molecule has 2 aromatic rings. The second-order valence-electron chi connectivity index (χ2n) is 3.28. The van der Waals surface area contributed by atoms with Crippen LogP contribution in [-0.2, 0) is 6.61 Å². The van der Waals surface area contributed by atoms with Gasteiger partial charge in [-0.05, 0) is 19.1 Å². The van der Waals surface area contributed by atoms with Crippen molar-refractivity contribution in [3.05, 3.63) is 41.2 Å². The van der Waals surface area contributed by atoms with Crippen molar-refractivity contribution < 1.29 is 14.2 Å². The number of nitrogens with zero attached hydrogens (tertiary/aromatic N) is 2. The van der Waals surface area contributed by atoms with Gasteiger partial charge in [0.05, 0.1) is 0 Å². The number of aldehydes is 1. The summed E-state index contributed by atoms with van der Waals surface area (Å²) in [6, 6.07) is 6.90. The molecule has 0 amide bonds. The molecule has 5 nitrogen and oxygen atoms in total. The normalized spacial score (nSPS) is 10.1. The Kier molecular flexibility index (Phi) is 2.95. The zero-order valence-electron chi connectivity index (χ0n) is 8.71. The fraction of sp³-hybridized carbons (Fsp3) is 0.182. The van der Waals surface area contributed by atoms with Crippen LogP contribution < -0.4 is 4.74 Å². The van der Waals surface area contributed by atoms with Crippen molar-refractivity contribution in [2.45, 2.75) is 13.5 Å². The lowest BCUT2D eigenvalue weighted by Gasteiger charge is -2.03. The molecule has 0 unspecified atom stereocenters. The van der Waals surface area contributed by atoms with Gasteiger partial charge in [0.2, 0.25) is 0 Å². The molecule has 0 spiro atoms. The smallest absolute Gasteiger partial charge is 0.150 e. The van der Waals surface area contributed by atoms with Crippen molar-refractivity contribution in [2.24, 2.45) is 0 Å². The number of aryl methyl sites for hydroxylation is 1. The van der Waals surface area contributed by atoms with E-state index in [-0.39, 0.29) is 6.61 Å². The summed E-state index contributed by atoms with van der Waals surface area (Å²) >= 11 is 0. The lowest BCUT2D eigenvalue weighted by molar-refractivity contribution is 0.112. The van der Waals surface area contributed by atoms with Gasteiger partial charge in [-0.15, -0.1) is 0 Å². The Bertz CT molecular complexity index is 493. The highest BCUT2D eigenvalue weighted by Crippen LogP contribution is 2.14. The first-order valence-corrected chi connectivity index (χ1v) is 4.75. The molecule has 1 aromatic carbocycles. The molecule has 0 aliphatic rings. The molecule has 0 N–H and O–H groups in total. The summed E-state index contributed by atoms with van der Waals surface area (Å²) in [6.45, 7) is 2.06. The zero-order valence-corrected chi connectivity index (χ0v) is 8.71. The summed E-state index contributed by atoms with van der Waals surface area (Å²) in [7, 11) is 0. The van der Waals surface area contributed by atoms with Gasteiger partial charge >= 0.3 is 0 Å². The second kappa shape index (κ2) is 4.57. The van der Waals surface area contributed by atoms with Crippen LogP contribution in [0.15, 0.2) is 28.9 Å². The maximum Gasteiger partial charge on any atom is 0.150 e. The Morgan fingerprint density at radius 2 is 2.31 bits per heavy atom. The van der Waals surface area contributed by atoms with E-state index >= 15 is 0 Å². The number of hydrogen-bond donors (Lipinski definition) is 0. The Balaban J connectivity index is 2.04. The summed E-state index contributed by atoms with van der Waals surface area (Å²) in [5.41, 5.74) is 1.93. The summed E-state index contributed by atoms with van der Waals surface area (Å²) in [4.78, 5) is 10.6. The van der Waals surface area contributed by atoms with Gasteiger partial charge in [0, 0.05) is 5.56 Å². The standard InChI is InChI=1S/C11H10N2O3/c1-8-11(13-16-12-8)7-15-10-4-2-3-9(5-10)6-14/h2-6H,7H2,1H3. The molecule has 2 rings (SSSR count). The van der Waals surface area contributed by atoms with Crippen LogP contribution in [0.1, 0.15) is 21.7 Å². The van der Waals surface area contributed by atoms with Crippen LogP contribution in [0.3, 0.4) is 0 Å². The van der Waals surface area contributed by atoms with Crippen LogP contribution in [-0.4, -0.2) is 16.6 Å². The molecule has 1 aromatic heterocycles. The quantitative estimate of drug-likeness (QED) is 0.731. The van der Waals surface area contributed by atoms with Gasteiger partial charge in [-0.3, -0.25) is 4.79 Å². The molecule has 16 heavy (non-hydrogen) atoms. The second-order valence-corrected chi connectivity index (χ2v) is 3.28. The van der Waals surface area contributed by atoms with Crippen molar-refractivity contribution in [3.8, 4) is 5.75 Å². The van der Waals surface area contributed by atoms with Crippen molar-refractivity contribution >= 4 is 6.29 Å². The molecular weight excluding hydrogens is 208 g/mol. The summed E-state index contributed by atoms with van der Waals surface area (Å²) in [5, 5.41) is 7.33. The van der Waals surface area contributed by atoms with Crippen molar-refractivity contribution in [1.82, 2.24) is 10.3 Å². The van der Waals surface area contributed by atoms with Crippen LogP contribution in [0.25, 0.3) is 0 Å². The molecule has 0 radical (unpaired) electrons. The van der Waals surface area contributed by atoms with Crippen LogP contribution in [0.2, 0.25) is 0 Å². The number of carbonyl (C=O) groups is 1. The Hall–Kier alpha value is -2.17. The predicted octanol–water partition coefficient (Wildman–Crippen LogP) is 1.77. The van der Waals surface area contributed by atoms with E-state index in [0.717, 1.165) is 6.29 Å². The molecule has 0 saturated carbocycles. The van der Waals surface area contributed by atoms with E-state index in [0.29, 0.717) is 22.7 Å². The van der Waals surface area contributed by atoms with Gasteiger partial charge in [-0.1, -0.05) is 22.4 Å². The number of carbonyl (C=O) groups excluding carboxylic acids is 1. The van der Waals surface area contributed by atoms with Gasteiger partial charge in [-0.2, -0.15) is 0 Å². The minimum absolute atomic E-state index is 0.275. The van der Waals surface area contributed by atoms with E-state index in [1.54, 1.807) is 31.2 Å². The number of ether oxygens (including phenoxy) is 1. The van der Waals surface area contributed by atoms with Crippen molar-refractivity contribution in [3.63, 3.8) is 0 Å². The Morgan fingerprint density at radius 3 is 3.00 bits per heavy atom. The Labute approximate surface area is 92.0 Å². The highest BCUT2D eigenvalue weighted by molar-refractivity contribution is 5.75. The largest absolute Gasteiger partial charge is 0.487 e. The maximum absolute atomic E-state index is 10.6. The fourth-order valence-electron chi connectivity index (χ4n) is 1.21. The van der Waals surface area contributed by atoms with Gasteiger partial charge in [0.15, 0.2) is 0 Å². The molecular formula is C11H10N2O3. The first kappa shape index (κ1) is 10.4. The van der Waals surface area contributed by atoms with Crippen LogP contribution >= 0.6 is 0 Å². The topological polar surface area (TPSA) is 65.2 Å². The van der Waals surface area contributed by atoms with Gasteiger partial charge in [0.25, 0.3) is 0 Å². The fourth-order valence-corrected chi connectivity index (χ4v) is 1.21. The average molecular weight is 218 g/mol. The van der Waals surface area contributed by atoms with E-state index in [1.165, 1.54) is 0 Å². The highest BCUT2D eigenvalue weighted by atomic mass is 16.6. The van der Waals surface area contributed by atoms with E-state index < -0.39 is 0 Å². The first-order valence-electron chi connectivity index (χ1n) is 4.75. The molecule has 5 heteroatoms. The van der Waals surface area contributed by atoms with E-state index in [9.17, 15) is 4.79 Å². The van der Waals surface area contributed by atoms with Gasteiger partial charge < -0.3 is 4.74 Å². The van der Waals surface area contributed by atoms with E-state index in [2.05, 4.69) is 14.9 Å². The van der Waals surface area contributed by atoms with Crippen molar-refractivity contribution in [2.75, 3.05) is 0 Å². The summed E-state index contributed by atoms with van der Waals surface area (Å²) in [6.07, 6.45) is 0.774. The van der Waals surface area contributed by atoms with Gasteiger partial charge in [-0.25, -0.2) is 4.63 Å². The molecule has 0 atom stereocenters. The minimum atomic E-state index is 0.275. The lowest BCUT2D eigenvalue weighted by Crippen LogP contribution is -1.98. The minimum Gasteiger partial charge on any atom is -0.487 e. The number of rotatable bonds is 4. The van der Waals surface area contributed by atoms with Crippen LogP contribution in [0, 0.1) is 6.92 Å². The van der Waals surface area contributed by atoms with Gasteiger partial charge in [0.1, 0.15) is 30.0 Å². The molecule has 0 fully saturated rings. The molecule has 0 saturated heterocycles. The molecule has 0 bridgehead atoms. The third-order valence-electron chi connectivity index (χ3n) is 2.12. The molecule has 0 aliphatic heterocycles. The monoisotopic (exact) mass is 218 g/mol. The third-order valence-corrected chi connectivity index (χ3v) is 2.12.